The molecule has 2 aliphatic rings. The van der Waals surface area contributed by atoms with Crippen LogP contribution in [0.4, 0.5) is 10.9 Å². The van der Waals surface area contributed by atoms with E-state index < -0.39 is 0 Å². The zero-order valence-electron chi connectivity index (χ0n) is 21.3. The normalized spacial score (nSPS) is 23.7. The number of carbonyl (C=O) groups is 2. The van der Waals surface area contributed by atoms with Gasteiger partial charge >= 0.3 is 0 Å². The Hall–Kier alpha value is -3.28. The summed E-state index contributed by atoms with van der Waals surface area (Å²) in [5.41, 5.74) is 1.78. The molecule has 2 saturated heterocycles. The first-order valence-corrected chi connectivity index (χ1v) is 13.3. The van der Waals surface area contributed by atoms with E-state index >= 15 is 0 Å². The summed E-state index contributed by atoms with van der Waals surface area (Å²) in [5, 5.41) is 7.76. The van der Waals surface area contributed by atoms with Gasteiger partial charge in [0, 0.05) is 37.5 Å². The molecular formula is C26H32N6O4S. The summed E-state index contributed by atoms with van der Waals surface area (Å²) in [5.74, 6) is 0.232. The first-order chi connectivity index (χ1) is 17.8. The number of rotatable bonds is 7. The molecule has 0 radical (unpaired) electrons. The molecule has 0 bridgehead atoms. The number of nitrogens with zero attached hydrogens (tertiary/aromatic N) is 4. The van der Waals surface area contributed by atoms with Gasteiger partial charge in [-0.1, -0.05) is 6.07 Å². The van der Waals surface area contributed by atoms with Gasteiger partial charge in [0.1, 0.15) is 11.5 Å². The SMILES string of the molecule is C[C@@H]1CN(c2cccc(-c3csc(NC(=O)CNC(=O)c4ccn([C@@]5(C)CCOC5)c4)n3)n2)C[C@H](C)O1. The predicted octanol–water partition coefficient (Wildman–Crippen LogP) is 3.12. The van der Waals surface area contributed by atoms with Gasteiger partial charge < -0.3 is 29.6 Å². The average Bonchev–Trinajstić information content (AvgIpc) is 3.64. The summed E-state index contributed by atoms with van der Waals surface area (Å²) in [6.07, 6.45) is 4.85. The number of ether oxygens (including phenoxy) is 2. The fourth-order valence-electron chi connectivity index (χ4n) is 4.71. The van der Waals surface area contributed by atoms with Crippen LogP contribution in [-0.2, 0) is 19.8 Å². The van der Waals surface area contributed by atoms with Crippen molar-refractivity contribution in [1.82, 2.24) is 19.9 Å². The van der Waals surface area contributed by atoms with Gasteiger partial charge in [-0.3, -0.25) is 9.59 Å². The van der Waals surface area contributed by atoms with Crippen LogP contribution in [-0.4, -0.2) is 71.4 Å². The maximum absolute atomic E-state index is 12.6. The molecule has 3 aromatic heterocycles. The second kappa shape index (κ2) is 10.6. The van der Waals surface area contributed by atoms with Crippen LogP contribution in [0.1, 0.15) is 37.6 Å². The second-order valence-corrected chi connectivity index (χ2v) is 10.8. The number of thiazole rings is 1. The number of pyridine rings is 1. The van der Waals surface area contributed by atoms with E-state index in [4.69, 9.17) is 14.5 Å². The van der Waals surface area contributed by atoms with Crippen molar-refractivity contribution in [2.24, 2.45) is 0 Å². The van der Waals surface area contributed by atoms with Gasteiger partial charge in [0.25, 0.3) is 5.91 Å². The fraction of sp³-hybridized carbons (Fsp3) is 0.462. The van der Waals surface area contributed by atoms with Crippen molar-refractivity contribution in [2.45, 2.75) is 44.9 Å². The Morgan fingerprint density at radius 1 is 1.16 bits per heavy atom. The smallest absolute Gasteiger partial charge is 0.253 e. The summed E-state index contributed by atoms with van der Waals surface area (Å²) >= 11 is 1.32. The van der Waals surface area contributed by atoms with Crippen molar-refractivity contribution in [3.05, 3.63) is 47.6 Å². The van der Waals surface area contributed by atoms with Crippen LogP contribution in [0.3, 0.4) is 0 Å². The molecular weight excluding hydrogens is 492 g/mol. The maximum Gasteiger partial charge on any atom is 0.253 e. The Balaban J connectivity index is 1.16. The Labute approximate surface area is 220 Å². The van der Waals surface area contributed by atoms with Crippen LogP contribution < -0.4 is 15.5 Å². The first kappa shape index (κ1) is 25.4. The molecule has 0 saturated carbocycles. The number of carbonyl (C=O) groups excluding carboxylic acids is 2. The topological polar surface area (TPSA) is 111 Å². The van der Waals surface area contributed by atoms with Crippen LogP contribution in [0.5, 0.6) is 0 Å². The number of amides is 2. The number of morpholine rings is 1. The van der Waals surface area contributed by atoms with Crippen LogP contribution in [0.15, 0.2) is 42.0 Å². The molecule has 5 heterocycles. The summed E-state index contributed by atoms with van der Waals surface area (Å²) in [7, 11) is 0. The van der Waals surface area contributed by atoms with Crippen LogP contribution in [0.2, 0.25) is 0 Å². The Kier molecular flexibility index (Phi) is 7.27. The molecule has 11 heteroatoms. The van der Waals surface area contributed by atoms with Gasteiger partial charge in [-0.2, -0.15) is 0 Å². The van der Waals surface area contributed by atoms with Crippen molar-refractivity contribution in [3.8, 4) is 11.4 Å². The molecule has 196 valence electrons. The standard InChI is InChI=1S/C26H32N6O4S/c1-17-12-31(13-18(2)36-17)22-6-4-5-20(28-22)21-15-37-25(29-21)30-23(33)11-27-24(34)19-7-9-32(14-19)26(3)8-10-35-16-26/h4-7,9,14-15,17-18H,8,10-13,16H2,1-3H3,(H,27,34)(H,29,30,33)/t17-,18+,26-/m0/s1. The van der Waals surface area contributed by atoms with Gasteiger partial charge in [-0.05, 0) is 45.4 Å². The molecule has 37 heavy (non-hydrogen) atoms. The van der Waals surface area contributed by atoms with Gasteiger partial charge in [-0.15, -0.1) is 11.3 Å². The van der Waals surface area contributed by atoms with E-state index in [-0.39, 0.29) is 36.1 Å². The highest BCUT2D eigenvalue weighted by Gasteiger charge is 2.31. The van der Waals surface area contributed by atoms with Crippen molar-refractivity contribution in [2.75, 3.05) is 43.1 Å². The highest BCUT2D eigenvalue weighted by Crippen LogP contribution is 2.28. The molecule has 5 rings (SSSR count). The summed E-state index contributed by atoms with van der Waals surface area (Å²) in [6.45, 7) is 8.97. The molecule has 0 unspecified atom stereocenters. The summed E-state index contributed by atoms with van der Waals surface area (Å²) < 4.78 is 13.3. The van der Waals surface area contributed by atoms with Crippen LogP contribution in [0.25, 0.3) is 11.4 Å². The molecule has 0 aliphatic carbocycles. The second-order valence-electron chi connectivity index (χ2n) is 9.92. The Morgan fingerprint density at radius 2 is 1.97 bits per heavy atom. The Bertz CT molecular complexity index is 1260. The molecule has 2 N–H and O–H groups in total. The molecule has 0 aromatic carbocycles. The molecule has 2 amide bonds. The highest BCUT2D eigenvalue weighted by atomic mass is 32.1. The minimum atomic E-state index is -0.345. The van der Waals surface area contributed by atoms with Crippen LogP contribution in [0, 0.1) is 0 Å². The van der Waals surface area contributed by atoms with E-state index in [1.807, 2.05) is 34.3 Å². The molecule has 10 nitrogen and oxygen atoms in total. The van der Waals surface area contributed by atoms with Crippen molar-refractivity contribution < 1.29 is 19.1 Å². The minimum Gasteiger partial charge on any atom is -0.379 e. The third-order valence-electron chi connectivity index (χ3n) is 6.68. The predicted molar refractivity (Wildman–Crippen MR) is 142 cm³/mol. The quantitative estimate of drug-likeness (QED) is 0.489. The minimum absolute atomic E-state index is 0.140. The lowest BCUT2D eigenvalue weighted by molar-refractivity contribution is -0.115. The van der Waals surface area contributed by atoms with Gasteiger partial charge in [0.2, 0.25) is 5.91 Å². The molecule has 3 aromatic rings. The zero-order valence-corrected chi connectivity index (χ0v) is 22.1. The third kappa shape index (κ3) is 5.84. The number of nitrogens with one attached hydrogen (secondary N) is 2. The number of anilines is 2. The van der Waals surface area contributed by atoms with E-state index in [1.54, 1.807) is 12.3 Å². The monoisotopic (exact) mass is 524 g/mol. The van der Waals surface area contributed by atoms with E-state index in [0.717, 1.165) is 31.0 Å². The van der Waals surface area contributed by atoms with E-state index in [1.165, 1.54) is 11.3 Å². The fourth-order valence-corrected chi connectivity index (χ4v) is 5.43. The van der Waals surface area contributed by atoms with Crippen molar-refractivity contribution >= 4 is 34.1 Å². The first-order valence-electron chi connectivity index (χ1n) is 12.5. The average molecular weight is 525 g/mol. The van der Waals surface area contributed by atoms with Gasteiger partial charge in [0.05, 0.1) is 42.2 Å². The zero-order chi connectivity index (χ0) is 26.0. The maximum atomic E-state index is 12.6. The molecule has 2 aliphatic heterocycles. The molecule has 3 atom stereocenters. The molecule has 0 spiro atoms. The molecule has 2 fully saturated rings. The van der Waals surface area contributed by atoms with Gasteiger partial charge in [0.15, 0.2) is 5.13 Å². The number of aromatic nitrogens is 3. The summed E-state index contributed by atoms with van der Waals surface area (Å²) in [6, 6.07) is 7.61. The van der Waals surface area contributed by atoms with E-state index in [9.17, 15) is 9.59 Å². The van der Waals surface area contributed by atoms with Crippen molar-refractivity contribution in [3.63, 3.8) is 0 Å². The Morgan fingerprint density at radius 3 is 2.73 bits per heavy atom. The van der Waals surface area contributed by atoms with Gasteiger partial charge in [-0.25, -0.2) is 9.97 Å². The van der Waals surface area contributed by atoms with Crippen molar-refractivity contribution in [1.29, 1.82) is 0 Å². The van der Waals surface area contributed by atoms with Crippen LogP contribution >= 0.6 is 11.3 Å². The largest absolute Gasteiger partial charge is 0.379 e. The highest BCUT2D eigenvalue weighted by molar-refractivity contribution is 7.14. The third-order valence-corrected chi connectivity index (χ3v) is 7.43. The number of hydrogen-bond donors (Lipinski definition) is 2. The number of hydrogen-bond acceptors (Lipinski definition) is 8. The lowest BCUT2D eigenvalue weighted by Gasteiger charge is -2.36. The van der Waals surface area contributed by atoms with E-state index in [0.29, 0.717) is 29.6 Å². The van der Waals surface area contributed by atoms with E-state index in [2.05, 4.69) is 41.3 Å². The summed E-state index contributed by atoms with van der Waals surface area (Å²) in [4.78, 5) is 36.6. The lowest BCUT2D eigenvalue weighted by Crippen LogP contribution is -2.45. The lowest BCUT2D eigenvalue weighted by atomic mass is 10.0.